The number of carbonyl (C=O) groups is 1. The number of aryl methyl sites for hydroxylation is 1. The van der Waals surface area contributed by atoms with Crippen molar-refractivity contribution in [2.75, 3.05) is 13.1 Å². The highest BCUT2D eigenvalue weighted by Gasteiger charge is 2.32. The number of piperidine rings is 1. The van der Waals surface area contributed by atoms with Gasteiger partial charge in [-0.05, 0) is 56.4 Å². The van der Waals surface area contributed by atoms with Gasteiger partial charge in [0, 0.05) is 42.2 Å². The molecule has 1 saturated heterocycles. The Labute approximate surface area is 171 Å². The second kappa shape index (κ2) is 7.62. The van der Waals surface area contributed by atoms with Crippen molar-refractivity contribution in [1.29, 1.82) is 0 Å². The second-order valence-electron chi connectivity index (χ2n) is 8.93. The van der Waals surface area contributed by atoms with E-state index in [1.54, 1.807) is 11.3 Å². The first-order valence-electron chi connectivity index (χ1n) is 11.0. The van der Waals surface area contributed by atoms with E-state index in [9.17, 15) is 4.79 Å². The number of fused-ring (bicyclic) bond motifs is 2. The van der Waals surface area contributed by atoms with Crippen molar-refractivity contribution < 1.29 is 4.79 Å². The molecule has 150 valence electrons. The number of nitrogens with zero attached hydrogens (tertiary/aromatic N) is 4. The molecule has 2 aromatic heterocycles. The predicted octanol–water partition coefficient (Wildman–Crippen LogP) is 4.21. The third-order valence-electron chi connectivity index (χ3n) is 6.84. The van der Waals surface area contributed by atoms with E-state index in [1.165, 1.54) is 36.1 Å². The number of thiophene rings is 1. The van der Waals surface area contributed by atoms with Gasteiger partial charge in [0.25, 0.3) is 5.91 Å². The van der Waals surface area contributed by atoms with Gasteiger partial charge in [-0.3, -0.25) is 4.79 Å². The fourth-order valence-electron chi connectivity index (χ4n) is 5.21. The third kappa shape index (κ3) is 3.30. The molecule has 0 N–H and O–H groups in total. The summed E-state index contributed by atoms with van der Waals surface area (Å²) in [5, 5.41) is 11.2. The van der Waals surface area contributed by atoms with E-state index in [2.05, 4.69) is 32.0 Å². The zero-order chi connectivity index (χ0) is 19.1. The predicted molar refractivity (Wildman–Crippen MR) is 111 cm³/mol. The van der Waals surface area contributed by atoms with Crippen molar-refractivity contribution in [3.05, 3.63) is 33.0 Å². The molecule has 1 fully saturated rings. The Morgan fingerprint density at radius 1 is 1.11 bits per heavy atom. The zero-order valence-electron chi connectivity index (χ0n) is 16.8. The first-order chi connectivity index (χ1) is 13.7. The number of hydrogen-bond acceptors (Lipinski definition) is 4. The quantitative estimate of drug-likeness (QED) is 0.761. The van der Waals surface area contributed by atoms with Crippen molar-refractivity contribution in [3.8, 4) is 0 Å². The van der Waals surface area contributed by atoms with Crippen molar-refractivity contribution in [2.45, 2.75) is 77.2 Å². The van der Waals surface area contributed by atoms with Crippen LogP contribution in [0.5, 0.6) is 0 Å². The largest absolute Gasteiger partial charge is 0.338 e. The van der Waals surface area contributed by atoms with Gasteiger partial charge in [0.05, 0.1) is 5.56 Å². The Kier molecular flexibility index (Phi) is 4.99. The Morgan fingerprint density at radius 2 is 2.04 bits per heavy atom. The summed E-state index contributed by atoms with van der Waals surface area (Å²) < 4.78 is 2.36. The van der Waals surface area contributed by atoms with Crippen molar-refractivity contribution in [2.24, 2.45) is 5.92 Å². The number of amides is 1. The summed E-state index contributed by atoms with van der Waals surface area (Å²) in [4.78, 5) is 16.9. The van der Waals surface area contributed by atoms with E-state index >= 15 is 0 Å². The maximum atomic E-state index is 13.4. The lowest BCUT2D eigenvalue weighted by atomic mass is 9.88. The lowest BCUT2D eigenvalue weighted by molar-refractivity contribution is 0.0702. The highest BCUT2D eigenvalue weighted by Crippen LogP contribution is 2.35. The van der Waals surface area contributed by atoms with Gasteiger partial charge in [0.2, 0.25) is 0 Å². The average Bonchev–Trinajstić information content (AvgIpc) is 3.24. The zero-order valence-corrected chi connectivity index (χ0v) is 17.6. The maximum Gasteiger partial charge on any atom is 0.255 e. The van der Waals surface area contributed by atoms with E-state index in [1.807, 2.05) is 0 Å². The Balaban J connectivity index is 1.35. The molecule has 2 atom stereocenters. The summed E-state index contributed by atoms with van der Waals surface area (Å²) in [5.74, 6) is 3.59. The van der Waals surface area contributed by atoms with Crippen LogP contribution in [-0.2, 0) is 25.8 Å². The summed E-state index contributed by atoms with van der Waals surface area (Å²) >= 11 is 1.79. The summed E-state index contributed by atoms with van der Waals surface area (Å²) in [5.41, 5.74) is 2.32. The molecule has 5 rings (SSSR count). The molecule has 0 radical (unpaired) electrons. The number of rotatable bonds is 2. The van der Waals surface area contributed by atoms with Gasteiger partial charge < -0.3 is 9.47 Å². The van der Waals surface area contributed by atoms with Crippen LogP contribution in [0.15, 0.2) is 5.38 Å². The first-order valence-corrected chi connectivity index (χ1v) is 11.9. The van der Waals surface area contributed by atoms with Crippen molar-refractivity contribution in [3.63, 3.8) is 0 Å². The minimum absolute atomic E-state index is 0.243. The van der Waals surface area contributed by atoms with Crippen molar-refractivity contribution in [1.82, 2.24) is 19.7 Å². The van der Waals surface area contributed by atoms with Crippen LogP contribution in [0.25, 0.3) is 0 Å². The molecule has 4 heterocycles. The summed E-state index contributed by atoms with van der Waals surface area (Å²) in [6.45, 7) is 5.02. The van der Waals surface area contributed by atoms with Crippen LogP contribution in [-0.4, -0.2) is 38.7 Å². The molecular formula is C22H30N4OS. The standard InChI is InChI=1S/C22H30N4OS/c1-15-8-9-17-18(14-28-19(17)12-15)22(27)25-10-5-6-16(13-25)21-24-23-20-7-3-2-4-11-26(20)21/h14-16H,2-13H2,1H3. The average molecular weight is 399 g/mol. The molecule has 0 bridgehead atoms. The monoisotopic (exact) mass is 398 g/mol. The molecule has 5 nitrogen and oxygen atoms in total. The van der Waals surface area contributed by atoms with E-state index in [0.717, 1.165) is 74.9 Å². The number of aromatic nitrogens is 3. The first kappa shape index (κ1) is 18.3. The fourth-order valence-corrected chi connectivity index (χ4v) is 6.45. The van der Waals surface area contributed by atoms with Gasteiger partial charge in [0.15, 0.2) is 0 Å². The Hall–Kier alpha value is -1.69. The highest BCUT2D eigenvalue weighted by molar-refractivity contribution is 7.10. The minimum Gasteiger partial charge on any atom is -0.338 e. The SMILES string of the molecule is CC1CCc2c(C(=O)N3CCCC(c4nnc5n4CCCCC5)C3)csc2C1. The lowest BCUT2D eigenvalue weighted by Gasteiger charge is -2.33. The fraction of sp³-hybridized carbons (Fsp3) is 0.682. The Morgan fingerprint density at radius 3 is 2.96 bits per heavy atom. The summed E-state index contributed by atoms with van der Waals surface area (Å²) in [7, 11) is 0. The van der Waals surface area contributed by atoms with Gasteiger partial charge in [0.1, 0.15) is 11.6 Å². The van der Waals surface area contributed by atoms with Crippen LogP contribution >= 0.6 is 11.3 Å². The topological polar surface area (TPSA) is 51.0 Å². The molecule has 6 heteroatoms. The second-order valence-corrected chi connectivity index (χ2v) is 9.89. The molecule has 1 amide bonds. The van der Waals surface area contributed by atoms with E-state index in [-0.39, 0.29) is 5.91 Å². The van der Waals surface area contributed by atoms with E-state index in [0.29, 0.717) is 5.92 Å². The van der Waals surface area contributed by atoms with Gasteiger partial charge in [-0.1, -0.05) is 13.3 Å². The molecule has 2 aliphatic heterocycles. The molecule has 2 aromatic rings. The highest BCUT2D eigenvalue weighted by atomic mass is 32.1. The molecule has 3 aliphatic rings. The molecule has 2 unspecified atom stereocenters. The number of likely N-dealkylation sites (tertiary alicyclic amines) is 1. The summed E-state index contributed by atoms with van der Waals surface area (Å²) in [6, 6.07) is 0. The van der Waals surface area contributed by atoms with Crippen LogP contribution in [0.1, 0.15) is 83.8 Å². The number of hydrogen-bond donors (Lipinski definition) is 0. The van der Waals surface area contributed by atoms with Crippen molar-refractivity contribution >= 4 is 17.2 Å². The molecule has 0 spiro atoms. The smallest absolute Gasteiger partial charge is 0.255 e. The summed E-state index contributed by atoms with van der Waals surface area (Å²) in [6.07, 6.45) is 10.3. The maximum absolute atomic E-state index is 13.4. The van der Waals surface area contributed by atoms with Crippen LogP contribution in [0.4, 0.5) is 0 Å². The molecule has 0 aromatic carbocycles. The van der Waals surface area contributed by atoms with Gasteiger partial charge in [-0.2, -0.15) is 0 Å². The normalized spacial score (nSPS) is 25.1. The van der Waals surface area contributed by atoms with E-state index in [4.69, 9.17) is 0 Å². The van der Waals surface area contributed by atoms with Crippen LogP contribution in [0.3, 0.4) is 0 Å². The van der Waals surface area contributed by atoms with Gasteiger partial charge in [-0.15, -0.1) is 21.5 Å². The minimum atomic E-state index is 0.243. The van der Waals surface area contributed by atoms with E-state index < -0.39 is 0 Å². The van der Waals surface area contributed by atoms with Gasteiger partial charge in [-0.25, -0.2) is 0 Å². The van der Waals surface area contributed by atoms with Crippen LogP contribution in [0, 0.1) is 5.92 Å². The third-order valence-corrected chi connectivity index (χ3v) is 7.90. The van der Waals surface area contributed by atoms with Gasteiger partial charge >= 0.3 is 0 Å². The lowest BCUT2D eigenvalue weighted by Crippen LogP contribution is -2.40. The molecule has 28 heavy (non-hydrogen) atoms. The molecule has 0 saturated carbocycles. The number of carbonyl (C=O) groups excluding carboxylic acids is 1. The molecular weight excluding hydrogens is 368 g/mol. The van der Waals surface area contributed by atoms with Crippen LogP contribution in [0.2, 0.25) is 0 Å². The Bertz CT molecular complexity index is 870. The van der Waals surface area contributed by atoms with Crippen LogP contribution < -0.4 is 0 Å². The molecule has 1 aliphatic carbocycles.